The minimum absolute atomic E-state index is 0.0799. The summed E-state index contributed by atoms with van der Waals surface area (Å²) in [6, 6.07) is 5.75. The van der Waals surface area contributed by atoms with Gasteiger partial charge in [-0.25, -0.2) is 0 Å². The molecule has 4 nitrogen and oxygen atoms in total. The molecule has 2 rings (SSSR count). The van der Waals surface area contributed by atoms with Crippen molar-refractivity contribution in [2.75, 3.05) is 20.3 Å². The van der Waals surface area contributed by atoms with Gasteiger partial charge in [0.05, 0.1) is 20.3 Å². The lowest BCUT2D eigenvalue weighted by Crippen LogP contribution is -2.17. The number of aldehydes is 1. The van der Waals surface area contributed by atoms with E-state index < -0.39 is 0 Å². The highest BCUT2D eigenvalue weighted by Gasteiger charge is 2.20. The van der Waals surface area contributed by atoms with E-state index in [1.807, 2.05) is 18.2 Å². The molecule has 1 aliphatic rings. The number of para-hydroxylation sites is 1. The number of aryl methyl sites for hydroxylation is 1. The van der Waals surface area contributed by atoms with Gasteiger partial charge in [0.2, 0.25) is 0 Å². The second-order valence-electron chi connectivity index (χ2n) is 4.26. The summed E-state index contributed by atoms with van der Waals surface area (Å²) >= 11 is 0. The van der Waals surface area contributed by atoms with E-state index in [1.54, 1.807) is 7.11 Å². The largest absolute Gasteiger partial charge is 0.493 e. The van der Waals surface area contributed by atoms with E-state index in [2.05, 4.69) is 0 Å². The fraction of sp³-hybridized carbons (Fsp3) is 0.500. The van der Waals surface area contributed by atoms with E-state index in [0.29, 0.717) is 25.2 Å². The molecule has 1 fully saturated rings. The molecule has 0 spiro atoms. The fourth-order valence-electron chi connectivity index (χ4n) is 2.04. The zero-order valence-electron chi connectivity index (χ0n) is 10.6. The second kappa shape index (κ2) is 6.40. The number of methoxy groups -OCH3 is 1. The molecular formula is C14H18O4. The summed E-state index contributed by atoms with van der Waals surface area (Å²) < 4.78 is 16.6. The summed E-state index contributed by atoms with van der Waals surface area (Å²) in [6.45, 7) is 1.36. The quantitative estimate of drug-likeness (QED) is 0.724. The summed E-state index contributed by atoms with van der Waals surface area (Å²) in [4.78, 5) is 10.5. The van der Waals surface area contributed by atoms with Gasteiger partial charge in [0.25, 0.3) is 0 Å². The fourth-order valence-corrected chi connectivity index (χ4v) is 2.04. The zero-order valence-corrected chi connectivity index (χ0v) is 10.6. The Morgan fingerprint density at radius 1 is 1.50 bits per heavy atom. The van der Waals surface area contributed by atoms with Crippen LogP contribution in [0.2, 0.25) is 0 Å². The Balaban J connectivity index is 2.18. The Morgan fingerprint density at radius 3 is 3.06 bits per heavy atom. The molecule has 1 heterocycles. The molecule has 18 heavy (non-hydrogen) atoms. The number of carbonyl (C=O) groups excluding carboxylic acids is 1. The Morgan fingerprint density at radius 2 is 2.39 bits per heavy atom. The lowest BCUT2D eigenvalue weighted by atomic mass is 10.1. The molecule has 1 saturated heterocycles. The molecule has 0 aliphatic carbocycles. The van der Waals surface area contributed by atoms with Crippen LogP contribution in [0.5, 0.6) is 11.5 Å². The third kappa shape index (κ3) is 3.01. The van der Waals surface area contributed by atoms with E-state index in [-0.39, 0.29) is 6.10 Å². The van der Waals surface area contributed by atoms with Gasteiger partial charge in [-0.05, 0) is 18.1 Å². The first-order valence-electron chi connectivity index (χ1n) is 6.19. The number of hydrogen-bond acceptors (Lipinski definition) is 4. The van der Waals surface area contributed by atoms with Gasteiger partial charge < -0.3 is 19.0 Å². The third-order valence-corrected chi connectivity index (χ3v) is 2.98. The number of rotatable bonds is 6. The van der Waals surface area contributed by atoms with Crippen LogP contribution in [0.3, 0.4) is 0 Å². The molecule has 0 aromatic heterocycles. The Bertz CT molecular complexity index is 397. The number of carbonyl (C=O) groups is 1. The van der Waals surface area contributed by atoms with Crippen LogP contribution in [0.1, 0.15) is 18.4 Å². The van der Waals surface area contributed by atoms with Crippen molar-refractivity contribution in [3.63, 3.8) is 0 Å². The van der Waals surface area contributed by atoms with Crippen LogP contribution in [-0.4, -0.2) is 32.7 Å². The average molecular weight is 250 g/mol. The maximum Gasteiger partial charge on any atom is 0.164 e. The molecule has 1 aliphatic heterocycles. The van der Waals surface area contributed by atoms with Crippen molar-refractivity contribution >= 4 is 6.29 Å². The summed E-state index contributed by atoms with van der Waals surface area (Å²) in [5, 5.41) is 0. The SMILES string of the molecule is COc1cccc(CCC=O)c1OC1CCOC1. The van der Waals surface area contributed by atoms with Crippen molar-refractivity contribution in [1.82, 2.24) is 0 Å². The standard InChI is InChI=1S/C14H18O4/c1-16-13-6-2-4-11(5-3-8-15)14(13)18-12-7-9-17-10-12/h2,4,6,8,12H,3,5,7,9-10H2,1H3. The van der Waals surface area contributed by atoms with Gasteiger partial charge in [0.1, 0.15) is 12.4 Å². The van der Waals surface area contributed by atoms with Gasteiger partial charge in [0, 0.05) is 12.8 Å². The minimum atomic E-state index is 0.0799. The van der Waals surface area contributed by atoms with Crippen LogP contribution in [0.15, 0.2) is 18.2 Å². The summed E-state index contributed by atoms with van der Waals surface area (Å²) in [6.07, 6.45) is 3.05. The lowest BCUT2D eigenvalue weighted by Gasteiger charge is -2.18. The third-order valence-electron chi connectivity index (χ3n) is 2.98. The molecule has 0 N–H and O–H groups in total. The molecule has 98 valence electrons. The maximum absolute atomic E-state index is 10.5. The number of benzene rings is 1. The van der Waals surface area contributed by atoms with E-state index in [1.165, 1.54) is 0 Å². The van der Waals surface area contributed by atoms with E-state index in [4.69, 9.17) is 14.2 Å². The van der Waals surface area contributed by atoms with Gasteiger partial charge in [-0.15, -0.1) is 0 Å². The molecular weight excluding hydrogens is 232 g/mol. The molecule has 0 bridgehead atoms. The topological polar surface area (TPSA) is 44.8 Å². The predicted molar refractivity (Wildman–Crippen MR) is 67.2 cm³/mol. The maximum atomic E-state index is 10.5. The van der Waals surface area contributed by atoms with Gasteiger partial charge in [-0.3, -0.25) is 0 Å². The summed E-state index contributed by atoms with van der Waals surface area (Å²) in [7, 11) is 1.62. The molecule has 1 atom stereocenters. The minimum Gasteiger partial charge on any atom is -0.493 e. The van der Waals surface area contributed by atoms with Crippen molar-refractivity contribution in [3.05, 3.63) is 23.8 Å². The van der Waals surface area contributed by atoms with Crippen LogP contribution >= 0.6 is 0 Å². The molecule has 0 amide bonds. The first-order chi connectivity index (χ1) is 8.85. The van der Waals surface area contributed by atoms with Crippen molar-refractivity contribution in [3.8, 4) is 11.5 Å². The molecule has 0 saturated carbocycles. The van der Waals surface area contributed by atoms with Gasteiger partial charge in [0.15, 0.2) is 11.5 Å². The van der Waals surface area contributed by atoms with Gasteiger partial charge in [-0.2, -0.15) is 0 Å². The first-order valence-corrected chi connectivity index (χ1v) is 6.19. The first kappa shape index (κ1) is 12.9. The van der Waals surface area contributed by atoms with Gasteiger partial charge >= 0.3 is 0 Å². The average Bonchev–Trinajstić information content (AvgIpc) is 2.90. The highest BCUT2D eigenvalue weighted by atomic mass is 16.6. The van der Waals surface area contributed by atoms with Crippen LogP contribution < -0.4 is 9.47 Å². The number of ether oxygens (including phenoxy) is 3. The van der Waals surface area contributed by atoms with Crippen LogP contribution in [0.4, 0.5) is 0 Å². The predicted octanol–water partition coefficient (Wildman–Crippen LogP) is 1.99. The van der Waals surface area contributed by atoms with Crippen molar-refractivity contribution in [2.45, 2.75) is 25.4 Å². The van der Waals surface area contributed by atoms with Crippen LogP contribution in [0, 0.1) is 0 Å². The van der Waals surface area contributed by atoms with E-state index in [9.17, 15) is 4.79 Å². The zero-order chi connectivity index (χ0) is 12.8. The van der Waals surface area contributed by atoms with Crippen molar-refractivity contribution in [2.24, 2.45) is 0 Å². The highest BCUT2D eigenvalue weighted by molar-refractivity contribution is 5.53. The summed E-state index contributed by atoms with van der Waals surface area (Å²) in [5.41, 5.74) is 1.01. The molecule has 0 radical (unpaired) electrons. The molecule has 1 aromatic carbocycles. The Labute approximate surface area is 107 Å². The van der Waals surface area contributed by atoms with Crippen LogP contribution in [0.25, 0.3) is 0 Å². The molecule has 1 unspecified atom stereocenters. The van der Waals surface area contributed by atoms with Crippen LogP contribution in [-0.2, 0) is 16.0 Å². The number of hydrogen-bond donors (Lipinski definition) is 0. The molecule has 1 aromatic rings. The van der Waals surface area contributed by atoms with Gasteiger partial charge in [-0.1, -0.05) is 12.1 Å². The Kier molecular flexibility index (Phi) is 4.59. The van der Waals surface area contributed by atoms with Crippen molar-refractivity contribution < 1.29 is 19.0 Å². The van der Waals surface area contributed by atoms with E-state index in [0.717, 1.165) is 30.6 Å². The van der Waals surface area contributed by atoms with Crippen molar-refractivity contribution in [1.29, 1.82) is 0 Å². The Hall–Kier alpha value is -1.55. The summed E-state index contributed by atoms with van der Waals surface area (Å²) in [5.74, 6) is 1.46. The van der Waals surface area contributed by atoms with E-state index >= 15 is 0 Å². The smallest absolute Gasteiger partial charge is 0.164 e. The highest BCUT2D eigenvalue weighted by Crippen LogP contribution is 2.33. The normalized spacial score (nSPS) is 18.6. The molecule has 4 heteroatoms. The lowest BCUT2D eigenvalue weighted by molar-refractivity contribution is -0.107. The monoisotopic (exact) mass is 250 g/mol. The second-order valence-corrected chi connectivity index (χ2v) is 4.26.